The molecule has 3 heterocycles. The summed E-state index contributed by atoms with van der Waals surface area (Å²) < 4.78 is 0. The number of ketones is 1. The van der Waals surface area contributed by atoms with Gasteiger partial charge >= 0.3 is 0 Å². The number of aryl methyl sites for hydroxylation is 2. The Labute approximate surface area is 172 Å². The lowest BCUT2D eigenvalue weighted by Crippen LogP contribution is -2.38. The average Bonchev–Trinajstić information content (AvgIpc) is 3.01. The maximum Gasteiger partial charge on any atom is 0.226 e. The molecule has 5 heteroatoms. The highest BCUT2D eigenvalue weighted by molar-refractivity contribution is 5.87. The Morgan fingerprint density at radius 3 is 2.83 bits per heavy atom. The van der Waals surface area contributed by atoms with Crippen LogP contribution >= 0.6 is 0 Å². The third kappa shape index (κ3) is 4.66. The fraction of sp³-hybridized carbons (Fsp3) is 0.458. The molecule has 2 aromatic rings. The van der Waals surface area contributed by atoms with Crippen LogP contribution in [-0.2, 0) is 28.9 Å². The minimum atomic E-state index is -0.0335. The first-order chi connectivity index (χ1) is 14.1. The molecule has 2 aliphatic heterocycles. The van der Waals surface area contributed by atoms with Gasteiger partial charge in [0.05, 0.1) is 6.54 Å². The minimum Gasteiger partial charge on any atom is -0.370 e. The van der Waals surface area contributed by atoms with Gasteiger partial charge in [0.15, 0.2) is 0 Å². The molecule has 1 saturated heterocycles. The second-order valence-electron chi connectivity index (χ2n) is 8.32. The number of rotatable bonds is 7. The monoisotopic (exact) mass is 391 g/mol. The molecule has 0 saturated carbocycles. The molecule has 152 valence electrons. The fourth-order valence-corrected chi connectivity index (χ4v) is 4.57. The molecule has 0 bridgehead atoms. The van der Waals surface area contributed by atoms with E-state index in [0.717, 1.165) is 56.6 Å². The van der Waals surface area contributed by atoms with E-state index >= 15 is 0 Å². The number of likely N-dealkylation sites (tertiary alicyclic amines) is 1. The zero-order chi connectivity index (χ0) is 20.2. The van der Waals surface area contributed by atoms with Crippen molar-refractivity contribution in [3.05, 3.63) is 59.3 Å². The first kappa shape index (κ1) is 19.6. The number of carbonyl (C=O) groups excluding carboxylic acids is 2. The van der Waals surface area contributed by atoms with E-state index in [1.54, 1.807) is 6.92 Å². The number of aromatic nitrogens is 1. The molecule has 2 aliphatic rings. The maximum absolute atomic E-state index is 13.0. The fourth-order valence-electron chi connectivity index (χ4n) is 4.57. The molecule has 5 nitrogen and oxygen atoms in total. The van der Waals surface area contributed by atoms with Gasteiger partial charge in [-0.3, -0.25) is 9.59 Å². The second-order valence-corrected chi connectivity index (χ2v) is 8.32. The number of Topliss-reactive ketones (excluding diaryl/α,β-unsaturated/α-hetero) is 1. The Bertz CT molecular complexity index is 881. The molecule has 1 amide bonds. The van der Waals surface area contributed by atoms with Crippen LogP contribution in [0.25, 0.3) is 0 Å². The summed E-state index contributed by atoms with van der Waals surface area (Å²) in [5, 5.41) is 3.38. The number of fused-ring (bicyclic) bond motifs is 1. The quantitative estimate of drug-likeness (QED) is 0.786. The lowest BCUT2D eigenvalue weighted by atomic mass is 9.95. The van der Waals surface area contributed by atoms with Crippen molar-refractivity contribution in [2.24, 2.45) is 5.92 Å². The number of nitrogens with zero attached hydrogens (tertiary/aromatic N) is 2. The van der Waals surface area contributed by atoms with Crippen LogP contribution in [0.3, 0.4) is 0 Å². The number of benzene rings is 1. The van der Waals surface area contributed by atoms with E-state index in [9.17, 15) is 9.59 Å². The van der Waals surface area contributed by atoms with Gasteiger partial charge in [-0.25, -0.2) is 4.98 Å². The van der Waals surface area contributed by atoms with Crippen LogP contribution in [0, 0.1) is 5.92 Å². The van der Waals surface area contributed by atoms with E-state index in [0.29, 0.717) is 0 Å². The summed E-state index contributed by atoms with van der Waals surface area (Å²) in [7, 11) is 0. The summed E-state index contributed by atoms with van der Waals surface area (Å²) in [6.07, 6.45) is 5.42. The Morgan fingerprint density at radius 2 is 2.03 bits per heavy atom. The summed E-state index contributed by atoms with van der Waals surface area (Å²) in [6, 6.07) is 14.6. The van der Waals surface area contributed by atoms with Crippen molar-refractivity contribution < 1.29 is 9.59 Å². The van der Waals surface area contributed by atoms with Crippen LogP contribution in [0.15, 0.2) is 42.5 Å². The van der Waals surface area contributed by atoms with Gasteiger partial charge in [-0.05, 0) is 62.6 Å². The van der Waals surface area contributed by atoms with Gasteiger partial charge in [-0.2, -0.15) is 0 Å². The van der Waals surface area contributed by atoms with E-state index < -0.39 is 0 Å². The number of amides is 1. The van der Waals surface area contributed by atoms with Gasteiger partial charge in [-0.1, -0.05) is 36.4 Å². The smallest absolute Gasteiger partial charge is 0.226 e. The molecule has 2 atom stereocenters. The van der Waals surface area contributed by atoms with Crippen molar-refractivity contribution in [1.82, 2.24) is 9.88 Å². The van der Waals surface area contributed by atoms with Gasteiger partial charge in [0.1, 0.15) is 11.6 Å². The van der Waals surface area contributed by atoms with Crippen molar-refractivity contribution in [2.75, 3.05) is 18.4 Å². The van der Waals surface area contributed by atoms with Crippen molar-refractivity contribution in [3.63, 3.8) is 0 Å². The normalized spacial score (nSPS) is 21.0. The Hall–Kier alpha value is -2.69. The maximum atomic E-state index is 13.0. The largest absolute Gasteiger partial charge is 0.370 e. The molecule has 1 aromatic heterocycles. The Kier molecular flexibility index (Phi) is 5.93. The number of nitrogens with one attached hydrogen (secondary N) is 1. The highest BCUT2D eigenvalue weighted by atomic mass is 16.2. The standard InChI is InChI=1S/C24H29N3O2/c1-17(28)16-27-22(14-18-6-3-2-4-7-18)15-20(24(27)29)10-12-21-11-9-19-8-5-13-25-23(19)26-21/h2-4,6-7,9,11,20,22H,5,8,10,12-16H2,1H3,(H,25,26). The third-order valence-electron chi connectivity index (χ3n) is 6.04. The van der Waals surface area contributed by atoms with Crippen molar-refractivity contribution in [3.8, 4) is 0 Å². The third-order valence-corrected chi connectivity index (χ3v) is 6.04. The summed E-state index contributed by atoms with van der Waals surface area (Å²) in [5.41, 5.74) is 3.53. The molecular weight excluding hydrogens is 362 g/mol. The van der Waals surface area contributed by atoms with Crippen molar-refractivity contribution >= 4 is 17.5 Å². The van der Waals surface area contributed by atoms with E-state index in [1.165, 1.54) is 11.1 Å². The van der Waals surface area contributed by atoms with Crippen LogP contribution < -0.4 is 5.32 Å². The molecule has 4 rings (SSSR count). The number of pyridine rings is 1. The zero-order valence-corrected chi connectivity index (χ0v) is 17.1. The Balaban J connectivity index is 1.43. The van der Waals surface area contributed by atoms with E-state index in [4.69, 9.17) is 4.98 Å². The first-order valence-electron chi connectivity index (χ1n) is 10.7. The summed E-state index contributed by atoms with van der Waals surface area (Å²) in [4.78, 5) is 31.4. The molecule has 0 radical (unpaired) electrons. The molecule has 0 spiro atoms. The van der Waals surface area contributed by atoms with Gasteiger partial charge in [0.25, 0.3) is 0 Å². The predicted molar refractivity (Wildman–Crippen MR) is 114 cm³/mol. The van der Waals surface area contributed by atoms with Gasteiger partial charge in [-0.15, -0.1) is 0 Å². The molecule has 1 N–H and O–H groups in total. The van der Waals surface area contributed by atoms with Gasteiger partial charge in [0.2, 0.25) is 5.91 Å². The van der Waals surface area contributed by atoms with Crippen LogP contribution in [0.4, 0.5) is 5.82 Å². The molecule has 1 fully saturated rings. The van der Waals surface area contributed by atoms with Crippen molar-refractivity contribution in [2.45, 2.75) is 51.5 Å². The zero-order valence-electron chi connectivity index (χ0n) is 17.1. The molecule has 29 heavy (non-hydrogen) atoms. The van der Waals surface area contributed by atoms with Gasteiger partial charge in [0, 0.05) is 24.2 Å². The summed E-state index contributed by atoms with van der Waals surface area (Å²) in [6.45, 7) is 2.75. The topological polar surface area (TPSA) is 62.3 Å². The Morgan fingerprint density at radius 1 is 1.21 bits per heavy atom. The minimum absolute atomic E-state index is 0.0335. The van der Waals surface area contributed by atoms with Crippen LogP contribution in [0.5, 0.6) is 0 Å². The highest BCUT2D eigenvalue weighted by Gasteiger charge is 2.39. The van der Waals surface area contributed by atoms with E-state index in [2.05, 4.69) is 29.6 Å². The van der Waals surface area contributed by atoms with Gasteiger partial charge < -0.3 is 10.2 Å². The van der Waals surface area contributed by atoms with Crippen LogP contribution in [0.1, 0.15) is 43.0 Å². The summed E-state index contributed by atoms with van der Waals surface area (Å²) in [5.74, 6) is 1.14. The number of hydrogen-bond acceptors (Lipinski definition) is 4. The van der Waals surface area contributed by atoms with E-state index in [1.807, 2.05) is 23.1 Å². The number of carbonyl (C=O) groups is 2. The lowest BCUT2D eigenvalue weighted by molar-refractivity contribution is -0.135. The lowest BCUT2D eigenvalue weighted by Gasteiger charge is -2.23. The molecule has 1 aromatic carbocycles. The number of hydrogen-bond donors (Lipinski definition) is 1. The highest BCUT2D eigenvalue weighted by Crippen LogP contribution is 2.31. The predicted octanol–water partition coefficient (Wildman–Crippen LogP) is 3.42. The second kappa shape index (κ2) is 8.76. The molecular formula is C24H29N3O2. The molecule has 2 unspecified atom stereocenters. The molecule has 0 aliphatic carbocycles. The van der Waals surface area contributed by atoms with Crippen LogP contribution in [0.2, 0.25) is 0 Å². The number of anilines is 1. The first-order valence-corrected chi connectivity index (χ1v) is 10.7. The van der Waals surface area contributed by atoms with Crippen molar-refractivity contribution in [1.29, 1.82) is 0 Å². The SMILES string of the molecule is CC(=O)CN1C(=O)C(CCc2ccc3c(n2)NCCC3)CC1Cc1ccccc1. The average molecular weight is 392 g/mol. The van der Waals surface area contributed by atoms with Crippen LogP contribution in [-0.4, -0.2) is 40.7 Å². The van der Waals surface area contributed by atoms with E-state index in [-0.39, 0.29) is 30.2 Å². The summed E-state index contributed by atoms with van der Waals surface area (Å²) >= 11 is 0.